The molecule has 0 aliphatic carbocycles. The van der Waals surface area contributed by atoms with E-state index in [9.17, 15) is 4.79 Å². The fourth-order valence-corrected chi connectivity index (χ4v) is 1.76. The number of nitrogens with two attached hydrogens (primary N) is 1. The first-order valence-electron chi connectivity index (χ1n) is 5.27. The van der Waals surface area contributed by atoms with E-state index in [0.717, 1.165) is 30.9 Å². The molecule has 1 amide bonds. The number of carbonyl (C=O) groups excluding carboxylic acids is 1. The molecule has 0 aromatic carbocycles. The molecule has 2 rings (SSSR count). The first-order chi connectivity index (χ1) is 7.68. The van der Waals surface area contributed by atoms with E-state index in [0.29, 0.717) is 12.4 Å². The zero-order valence-electron chi connectivity index (χ0n) is 9.23. The average Bonchev–Trinajstić information content (AvgIpc) is 2.47. The van der Waals surface area contributed by atoms with E-state index in [2.05, 4.69) is 15.3 Å². The topological polar surface area (TPSA) is 84.1 Å². The number of rotatable bonds is 1. The predicted molar refractivity (Wildman–Crippen MR) is 61.0 cm³/mol. The third kappa shape index (κ3) is 2.05. The summed E-state index contributed by atoms with van der Waals surface area (Å²) in [6.07, 6.45) is 2.34. The van der Waals surface area contributed by atoms with Gasteiger partial charge >= 0.3 is 0 Å². The maximum absolute atomic E-state index is 11.4. The minimum absolute atomic E-state index is 0.0223. The lowest BCUT2D eigenvalue weighted by Crippen LogP contribution is -2.34. The van der Waals surface area contributed by atoms with Crippen molar-refractivity contribution in [2.75, 3.05) is 30.3 Å². The van der Waals surface area contributed by atoms with Crippen LogP contribution in [-0.4, -0.2) is 35.5 Å². The molecule has 2 heterocycles. The van der Waals surface area contributed by atoms with Crippen molar-refractivity contribution in [3.05, 3.63) is 11.9 Å². The van der Waals surface area contributed by atoms with Crippen LogP contribution in [0, 0.1) is 6.92 Å². The van der Waals surface area contributed by atoms with Gasteiger partial charge in [-0.25, -0.2) is 9.97 Å². The highest BCUT2D eigenvalue weighted by Gasteiger charge is 2.18. The van der Waals surface area contributed by atoms with Gasteiger partial charge in [0.2, 0.25) is 5.91 Å². The fraction of sp³-hybridized carbons (Fsp3) is 0.500. The number of anilines is 2. The van der Waals surface area contributed by atoms with E-state index < -0.39 is 0 Å². The van der Waals surface area contributed by atoms with Crippen molar-refractivity contribution in [2.24, 2.45) is 0 Å². The summed E-state index contributed by atoms with van der Waals surface area (Å²) in [4.78, 5) is 21.5. The van der Waals surface area contributed by atoms with Gasteiger partial charge in [-0.05, 0) is 13.3 Å². The smallest absolute Gasteiger partial charge is 0.239 e. The average molecular weight is 221 g/mol. The Hall–Kier alpha value is -1.85. The molecular weight excluding hydrogens is 206 g/mol. The van der Waals surface area contributed by atoms with Gasteiger partial charge in [0.25, 0.3) is 0 Å². The summed E-state index contributed by atoms with van der Waals surface area (Å²) in [5, 5.41) is 2.82. The second kappa shape index (κ2) is 4.34. The van der Waals surface area contributed by atoms with Gasteiger partial charge in [0, 0.05) is 18.7 Å². The number of nitrogen functional groups attached to an aromatic ring is 1. The number of hydrogen-bond donors (Lipinski definition) is 2. The van der Waals surface area contributed by atoms with Crippen LogP contribution in [0.4, 0.5) is 11.6 Å². The summed E-state index contributed by atoms with van der Waals surface area (Å²) in [6.45, 7) is 3.72. The molecule has 3 N–H and O–H groups in total. The predicted octanol–water partition coefficient (Wildman–Crippen LogP) is -0.306. The Balaban J connectivity index is 2.28. The van der Waals surface area contributed by atoms with E-state index in [1.165, 1.54) is 6.33 Å². The van der Waals surface area contributed by atoms with Gasteiger partial charge in [-0.1, -0.05) is 0 Å². The quantitative estimate of drug-likeness (QED) is 0.679. The first-order valence-corrected chi connectivity index (χ1v) is 5.27. The van der Waals surface area contributed by atoms with E-state index in [1.807, 2.05) is 11.8 Å². The number of nitrogens with zero attached hydrogens (tertiary/aromatic N) is 3. The van der Waals surface area contributed by atoms with Gasteiger partial charge < -0.3 is 16.0 Å². The van der Waals surface area contributed by atoms with Crippen molar-refractivity contribution in [2.45, 2.75) is 13.3 Å². The highest BCUT2D eigenvalue weighted by atomic mass is 16.2. The molecule has 1 aliphatic heterocycles. The van der Waals surface area contributed by atoms with Crippen molar-refractivity contribution in [3.8, 4) is 0 Å². The van der Waals surface area contributed by atoms with Crippen LogP contribution >= 0.6 is 0 Å². The minimum Gasteiger partial charge on any atom is -0.383 e. The second-order valence-electron chi connectivity index (χ2n) is 3.83. The standard InChI is InChI=1S/C10H15N5O/c1-7-9(11)13-6-14-10(7)15-4-2-3-12-8(16)5-15/h6H,2-5H2,1H3,(H,12,16)(H2,11,13,14). The van der Waals surface area contributed by atoms with Gasteiger partial charge in [-0.3, -0.25) is 4.79 Å². The van der Waals surface area contributed by atoms with Gasteiger partial charge in [0.15, 0.2) is 0 Å². The van der Waals surface area contributed by atoms with Gasteiger partial charge in [0.05, 0.1) is 6.54 Å². The van der Waals surface area contributed by atoms with E-state index in [4.69, 9.17) is 5.73 Å². The number of amides is 1. The molecule has 0 bridgehead atoms. The SMILES string of the molecule is Cc1c(N)ncnc1N1CCCNC(=O)C1. The second-order valence-corrected chi connectivity index (χ2v) is 3.83. The zero-order chi connectivity index (χ0) is 11.5. The molecule has 1 fully saturated rings. The van der Waals surface area contributed by atoms with Crippen LogP contribution in [0.1, 0.15) is 12.0 Å². The lowest BCUT2D eigenvalue weighted by atomic mass is 10.2. The Labute approximate surface area is 93.9 Å². The largest absolute Gasteiger partial charge is 0.383 e. The molecule has 1 saturated heterocycles. The van der Waals surface area contributed by atoms with Crippen molar-refractivity contribution >= 4 is 17.5 Å². The monoisotopic (exact) mass is 221 g/mol. The number of aromatic nitrogens is 2. The summed E-state index contributed by atoms with van der Waals surface area (Å²) >= 11 is 0. The van der Waals surface area contributed by atoms with E-state index in [1.54, 1.807) is 0 Å². The molecule has 0 unspecified atom stereocenters. The molecule has 6 nitrogen and oxygen atoms in total. The Morgan fingerprint density at radius 1 is 1.50 bits per heavy atom. The molecule has 0 atom stereocenters. The zero-order valence-corrected chi connectivity index (χ0v) is 9.23. The van der Waals surface area contributed by atoms with Crippen LogP contribution in [0.5, 0.6) is 0 Å². The summed E-state index contributed by atoms with van der Waals surface area (Å²) < 4.78 is 0. The molecule has 0 radical (unpaired) electrons. The summed E-state index contributed by atoms with van der Waals surface area (Å²) in [6, 6.07) is 0. The highest BCUT2D eigenvalue weighted by molar-refractivity contribution is 5.81. The molecule has 0 spiro atoms. The lowest BCUT2D eigenvalue weighted by Gasteiger charge is -2.21. The van der Waals surface area contributed by atoms with Crippen molar-refractivity contribution in [1.29, 1.82) is 0 Å². The molecule has 1 aromatic heterocycles. The van der Waals surface area contributed by atoms with E-state index >= 15 is 0 Å². The summed E-state index contributed by atoms with van der Waals surface area (Å²) in [7, 11) is 0. The maximum atomic E-state index is 11.4. The number of carbonyl (C=O) groups is 1. The Bertz CT molecular complexity index is 406. The third-order valence-electron chi connectivity index (χ3n) is 2.66. The van der Waals surface area contributed by atoms with Crippen LogP contribution in [0.15, 0.2) is 6.33 Å². The van der Waals surface area contributed by atoms with E-state index in [-0.39, 0.29) is 5.91 Å². The minimum atomic E-state index is 0.0223. The van der Waals surface area contributed by atoms with Crippen molar-refractivity contribution < 1.29 is 4.79 Å². The molecule has 0 saturated carbocycles. The van der Waals surface area contributed by atoms with Crippen LogP contribution in [0.2, 0.25) is 0 Å². The Morgan fingerprint density at radius 3 is 3.12 bits per heavy atom. The molecule has 16 heavy (non-hydrogen) atoms. The third-order valence-corrected chi connectivity index (χ3v) is 2.66. The lowest BCUT2D eigenvalue weighted by molar-refractivity contribution is -0.119. The maximum Gasteiger partial charge on any atom is 0.239 e. The molecule has 86 valence electrons. The van der Waals surface area contributed by atoms with Crippen LogP contribution in [-0.2, 0) is 4.79 Å². The van der Waals surface area contributed by atoms with Crippen LogP contribution < -0.4 is 16.0 Å². The van der Waals surface area contributed by atoms with Gasteiger partial charge in [-0.15, -0.1) is 0 Å². The molecular formula is C10H15N5O. The van der Waals surface area contributed by atoms with Gasteiger partial charge in [-0.2, -0.15) is 0 Å². The van der Waals surface area contributed by atoms with Crippen LogP contribution in [0.3, 0.4) is 0 Å². The normalized spacial score (nSPS) is 16.8. The number of nitrogens with one attached hydrogen (secondary N) is 1. The first kappa shape index (κ1) is 10.7. The molecule has 6 heteroatoms. The van der Waals surface area contributed by atoms with Gasteiger partial charge in [0.1, 0.15) is 18.0 Å². The van der Waals surface area contributed by atoms with Crippen molar-refractivity contribution in [1.82, 2.24) is 15.3 Å². The molecule has 1 aromatic rings. The Kier molecular flexibility index (Phi) is 2.89. The van der Waals surface area contributed by atoms with Crippen LogP contribution in [0.25, 0.3) is 0 Å². The Morgan fingerprint density at radius 2 is 2.31 bits per heavy atom. The highest BCUT2D eigenvalue weighted by Crippen LogP contribution is 2.20. The summed E-state index contributed by atoms with van der Waals surface area (Å²) in [5.74, 6) is 1.24. The number of hydrogen-bond acceptors (Lipinski definition) is 5. The molecule has 1 aliphatic rings. The fourth-order valence-electron chi connectivity index (χ4n) is 1.76. The summed E-state index contributed by atoms with van der Waals surface area (Å²) in [5.41, 5.74) is 6.55. The van der Waals surface area contributed by atoms with Crippen molar-refractivity contribution in [3.63, 3.8) is 0 Å².